The van der Waals surface area contributed by atoms with Crippen LogP contribution in [0.2, 0.25) is 0 Å². The Balaban J connectivity index is 0. The van der Waals surface area contributed by atoms with Crippen LogP contribution < -0.4 is 0 Å². The van der Waals surface area contributed by atoms with E-state index in [9.17, 15) is 0 Å². The van der Waals surface area contributed by atoms with Gasteiger partial charge in [0, 0.05) is 134 Å². The molecule has 8 heavy (non-hydrogen) atoms. The maximum Gasteiger partial charge on any atom is 2.00 e. The molecule has 0 aliphatic carbocycles. The minimum absolute atomic E-state index is 0. The van der Waals surface area contributed by atoms with E-state index in [2.05, 4.69) is 0 Å². The molecule has 0 heterocycles. The third-order valence-electron chi connectivity index (χ3n) is 0. The van der Waals surface area contributed by atoms with Gasteiger partial charge in [-0.1, -0.05) is 0 Å². The summed E-state index contributed by atoms with van der Waals surface area (Å²) in [6, 6.07) is 0. The first-order valence-corrected chi connectivity index (χ1v) is 0. The average molecular weight is 777 g/mol. The Hall–Kier alpha value is 5.28. The van der Waals surface area contributed by atoms with Crippen molar-refractivity contribution in [2.45, 2.75) is 0 Å². The Kier molecular flexibility index (Phi) is 504. The van der Waals surface area contributed by atoms with E-state index in [4.69, 9.17) is 0 Å². The van der Waals surface area contributed by atoms with E-state index >= 15 is 0 Å². The van der Waals surface area contributed by atoms with Crippen molar-refractivity contribution in [2.24, 2.45) is 0 Å². The summed E-state index contributed by atoms with van der Waals surface area (Å²) in [5.41, 5.74) is 0. The third-order valence-corrected chi connectivity index (χ3v) is 0. The SMILES string of the molecule is [Cd].[Ga].[Ge].[In].[O-2].[Pb+2].[Sn].[Zn]. The summed E-state index contributed by atoms with van der Waals surface area (Å²) in [6.07, 6.45) is 0. The monoisotopic (exact) mass is 779 g/mol. The molecule has 0 aliphatic rings. The van der Waals surface area contributed by atoms with Crippen molar-refractivity contribution in [3.05, 3.63) is 0 Å². The summed E-state index contributed by atoms with van der Waals surface area (Å²) < 4.78 is 0. The summed E-state index contributed by atoms with van der Waals surface area (Å²) in [5, 5.41) is 0. The van der Waals surface area contributed by atoms with E-state index in [0.717, 1.165) is 0 Å². The van der Waals surface area contributed by atoms with Crippen LogP contribution in [0.15, 0.2) is 0 Å². The summed E-state index contributed by atoms with van der Waals surface area (Å²) in [4.78, 5) is 0. The Morgan fingerprint density at radius 1 is 1.00 bits per heavy atom. The molecule has 0 aliphatic heterocycles. The zero-order chi connectivity index (χ0) is 0. The van der Waals surface area contributed by atoms with Gasteiger partial charge in [0.05, 0.1) is 0 Å². The molecular weight excluding hydrogens is 777 g/mol. The molecule has 0 N–H and O–H groups in total. The molecule has 0 fully saturated rings. The van der Waals surface area contributed by atoms with Crippen molar-refractivity contribution in [3.8, 4) is 0 Å². The van der Waals surface area contributed by atoms with Crippen LogP contribution in [-0.2, 0) is 52.3 Å². The van der Waals surface area contributed by atoms with Crippen LogP contribution in [-0.4, -0.2) is 114 Å². The molecule has 0 spiro atoms. The summed E-state index contributed by atoms with van der Waals surface area (Å²) in [7, 11) is 0. The maximum absolute atomic E-state index is 0. The van der Waals surface area contributed by atoms with Gasteiger partial charge in [-0.3, -0.25) is 0 Å². The maximum atomic E-state index is 0. The Morgan fingerprint density at radius 2 is 1.00 bits per heavy atom. The fraction of sp³-hybridized carbons (Fsp3) is 0. The third kappa shape index (κ3) is 42.8. The van der Waals surface area contributed by atoms with Gasteiger partial charge >= 0.3 is 27.3 Å². The Bertz CT molecular complexity index is 24.0. The van der Waals surface area contributed by atoms with E-state index in [1.165, 1.54) is 0 Å². The van der Waals surface area contributed by atoms with Crippen LogP contribution in [0.5, 0.6) is 0 Å². The van der Waals surface area contributed by atoms with Gasteiger partial charge in [-0.15, -0.1) is 0 Å². The van der Waals surface area contributed by atoms with Gasteiger partial charge in [0.25, 0.3) is 0 Å². The molecule has 0 saturated heterocycles. The molecule has 0 unspecified atom stereocenters. The average Bonchev–Trinajstić information content (AvgIpc) is 0. The van der Waals surface area contributed by atoms with E-state index < -0.39 is 0 Å². The Morgan fingerprint density at radius 3 is 1.00 bits per heavy atom. The van der Waals surface area contributed by atoms with Crippen molar-refractivity contribution >= 4 is 114 Å². The van der Waals surface area contributed by atoms with Crippen LogP contribution >= 0.6 is 0 Å². The summed E-state index contributed by atoms with van der Waals surface area (Å²) in [6.45, 7) is 0. The van der Waals surface area contributed by atoms with Gasteiger partial charge < -0.3 is 5.48 Å². The fourth-order valence-corrected chi connectivity index (χ4v) is 0. The van der Waals surface area contributed by atoms with Crippen molar-refractivity contribution in [1.29, 1.82) is 0 Å². The van der Waals surface area contributed by atoms with Crippen LogP contribution in [0.25, 0.3) is 0 Å². The second-order valence-electron chi connectivity index (χ2n) is 0. The topological polar surface area (TPSA) is 28.5 Å². The van der Waals surface area contributed by atoms with E-state index in [-0.39, 0.29) is 167 Å². The first-order chi connectivity index (χ1) is 0. The zero-order valence-corrected chi connectivity index (χ0v) is 26.0. The van der Waals surface area contributed by atoms with Gasteiger partial charge in [-0.2, -0.15) is 0 Å². The van der Waals surface area contributed by atoms with Crippen LogP contribution in [0.1, 0.15) is 0 Å². The second-order valence-corrected chi connectivity index (χ2v) is 0. The predicted octanol–water partition coefficient (Wildman–Crippen LogP) is -2.03. The molecule has 0 saturated carbocycles. The first kappa shape index (κ1) is 71.9. The summed E-state index contributed by atoms with van der Waals surface area (Å²) >= 11 is 0. The number of hydrogen-bond donors (Lipinski definition) is 0. The number of rotatable bonds is 0. The molecule has 0 atom stereocenters. The molecule has 0 amide bonds. The first-order valence-electron chi connectivity index (χ1n) is 0. The molecule has 0 aromatic carbocycles. The fourth-order valence-electron chi connectivity index (χ4n) is 0. The van der Waals surface area contributed by atoms with Gasteiger partial charge in [0.1, 0.15) is 0 Å². The normalized spacial score (nSPS) is 0. The molecule has 0 rings (SSSR count). The second kappa shape index (κ2) is 56.1. The predicted molar refractivity (Wildman–Crippen MR) is 29.5 cm³/mol. The smallest absolute Gasteiger partial charge is 2.00 e. The largest absolute Gasteiger partial charge is 2.00 e. The standard InChI is InChI=1S/Cd.Ga.Ge.In.O.Pb.Sn.Zn/q;;;;-2;+2;;. The molecule has 8 heteroatoms. The number of hydrogen-bond acceptors (Lipinski definition) is 0. The van der Waals surface area contributed by atoms with Crippen LogP contribution in [0.3, 0.4) is 0 Å². The molecule has 16 radical (unpaired) electrons. The van der Waals surface area contributed by atoms with Crippen molar-refractivity contribution < 1.29 is 52.3 Å². The molecule has 28 valence electrons. The van der Waals surface area contributed by atoms with Crippen LogP contribution in [0, 0.1) is 0 Å². The van der Waals surface area contributed by atoms with Gasteiger partial charge in [0.2, 0.25) is 0 Å². The van der Waals surface area contributed by atoms with E-state index in [0.29, 0.717) is 0 Å². The minimum atomic E-state index is 0. The van der Waals surface area contributed by atoms with Gasteiger partial charge in [-0.05, 0) is 0 Å². The summed E-state index contributed by atoms with van der Waals surface area (Å²) in [5.74, 6) is 0. The van der Waals surface area contributed by atoms with Crippen molar-refractivity contribution in [1.82, 2.24) is 0 Å². The van der Waals surface area contributed by atoms with E-state index in [1.54, 1.807) is 0 Å². The minimum Gasteiger partial charge on any atom is -2.00 e. The molecule has 1 nitrogen and oxygen atoms in total. The van der Waals surface area contributed by atoms with Crippen LogP contribution in [0.4, 0.5) is 0 Å². The molecular formula is CdGaGeInOPbSnZn. The molecule has 0 aromatic rings. The van der Waals surface area contributed by atoms with Gasteiger partial charge in [0.15, 0.2) is 0 Å². The molecule has 0 bridgehead atoms. The Labute approximate surface area is 163 Å². The van der Waals surface area contributed by atoms with Crippen molar-refractivity contribution in [2.75, 3.05) is 0 Å². The molecule has 0 aromatic heterocycles. The van der Waals surface area contributed by atoms with Crippen molar-refractivity contribution in [3.63, 3.8) is 0 Å². The van der Waals surface area contributed by atoms with E-state index in [1.807, 2.05) is 0 Å². The quantitative estimate of drug-likeness (QED) is 0.255. The zero-order valence-electron chi connectivity index (χ0n) is 4.48. The van der Waals surface area contributed by atoms with Gasteiger partial charge in [-0.25, -0.2) is 0 Å².